The van der Waals surface area contributed by atoms with Gasteiger partial charge in [-0.15, -0.1) is 0 Å². The number of nitrogens with one attached hydrogen (secondary N) is 1. The average molecular weight is 280 g/mol. The summed E-state index contributed by atoms with van der Waals surface area (Å²) in [5.74, 6) is 0.249. The summed E-state index contributed by atoms with van der Waals surface area (Å²) in [7, 11) is 0. The van der Waals surface area contributed by atoms with Crippen LogP contribution in [0.25, 0.3) is 0 Å². The van der Waals surface area contributed by atoms with Crippen LogP contribution in [0.4, 0.5) is 5.69 Å². The number of hydrogen-bond acceptors (Lipinski definition) is 4. The lowest BCUT2D eigenvalue weighted by Crippen LogP contribution is -2.40. The summed E-state index contributed by atoms with van der Waals surface area (Å²) in [6, 6.07) is 5.19. The fourth-order valence-electron chi connectivity index (χ4n) is 1.89. The molecule has 5 heteroatoms. The molecule has 112 valence electrons. The Hall–Kier alpha value is -1.75. The van der Waals surface area contributed by atoms with Crippen molar-refractivity contribution in [1.82, 2.24) is 5.32 Å². The third kappa shape index (κ3) is 4.42. The molecule has 1 rings (SSSR count). The SMILES string of the molecule is CCOc1cccc(N)c1C(=O)NCC(C)(C)OCC. The van der Waals surface area contributed by atoms with Gasteiger partial charge in [0.1, 0.15) is 11.3 Å². The Morgan fingerprint density at radius 2 is 2.00 bits per heavy atom. The Labute approximate surface area is 120 Å². The van der Waals surface area contributed by atoms with Crippen LogP contribution in [0.1, 0.15) is 38.1 Å². The molecule has 0 aliphatic rings. The second kappa shape index (κ2) is 7.14. The highest BCUT2D eigenvalue weighted by molar-refractivity contribution is 6.01. The van der Waals surface area contributed by atoms with Crippen LogP contribution in [-0.2, 0) is 4.74 Å². The number of carbonyl (C=O) groups excluding carboxylic acids is 1. The first-order valence-corrected chi connectivity index (χ1v) is 6.84. The molecular formula is C15H24N2O3. The van der Waals surface area contributed by atoms with E-state index in [0.717, 1.165) is 0 Å². The number of benzene rings is 1. The zero-order chi connectivity index (χ0) is 15.2. The van der Waals surface area contributed by atoms with Gasteiger partial charge in [0.2, 0.25) is 0 Å². The standard InChI is InChI=1S/C15H24N2O3/c1-5-19-12-9-7-8-11(16)13(12)14(18)17-10-15(3,4)20-6-2/h7-9H,5-6,10,16H2,1-4H3,(H,17,18). The van der Waals surface area contributed by atoms with Gasteiger partial charge < -0.3 is 20.5 Å². The van der Waals surface area contributed by atoms with Gasteiger partial charge in [0.25, 0.3) is 5.91 Å². The summed E-state index contributed by atoms with van der Waals surface area (Å²) in [6.07, 6.45) is 0. The van der Waals surface area contributed by atoms with E-state index in [1.54, 1.807) is 18.2 Å². The largest absolute Gasteiger partial charge is 0.493 e. The molecular weight excluding hydrogens is 256 g/mol. The van der Waals surface area contributed by atoms with Crippen LogP contribution < -0.4 is 15.8 Å². The normalized spacial score (nSPS) is 11.2. The summed E-state index contributed by atoms with van der Waals surface area (Å²) in [4.78, 5) is 12.3. The Bertz CT molecular complexity index is 458. The predicted octanol–water partition coefficient (Wildman–Crippen LogP) is 2.21. The lowest BCUT2D eigenvalue weighted by molar-refractivity contribution is -0.00817. The minimum Gasteiger partial charge on any atom is -0.493 e. The topological polar surface area (TPSA) is 73.6 Å². The molecule has 20 heavy (non-hydrogen) atoms. The monoisotopic (exact) mass is 280 g/mol. The maximum absolute atomic E-state index is 12.3. The van der Waals surface area contributed by atoms with Crippen molar-refractivity contribution in [2.24, 2.45) is 0 Å². The number of nitrogen functional groups attached to an aromatic ring is 1. The maximum atomic E-state index is 12.3. The van der Waals surface area contributed by atoms with Crippen molar-refractivity contribution in [2.75, 3.05) is 25.5 Å². The number of rotatable bonds is 7. The van der Waals surface area contributed by atoms with Gasteiger partial charge in [-0.2, -0.15) is 0 Å². The Balaban J connectivity index is 2.82. The number of amides is 1. The molecule has 1 aromatic carbocycles. The lowest BCUT2D eigenvalue weighted by Gasteiger charge is -2.25. The van der Waals surface area contributed by atoms with Gasteiger partial charge in [0.15, 0.2) is 0 Å². The van der Waals surface area contributed by atoms with Gasteiger partial charge in [-0.1, -0.05) is 6.07 Å². The maximum Gasteiger partial charge on any atom is 0.257 e. The quantitative estimate of drug-likeness (QED) is 0.751. The van der Waals surface area contributed by atoms with E-state index in [4.69, 9.17) is 15.2 Å². The highest BCUT2D eigenvalue weighted by Crippen LogP contribution is 2.24. The van der Waals surface area contributed by atoms with E-state index in [2.05, 4.69) is 5.32 Å². The number of nitrogens with two attached hydrogens (primary N) is 1. The number of anilines is 1. The highest BCUT2D eigenvalue weighted by atomic mass is 16.5. The molecule has 0 spiro atoms. The smallest absolute Gasteiger partial charge is 0.257 e. The van der Waals surface area contributed by atoms with Crippen LogP contribution in [0, 0.1) is 0 Å². The van der Waals surface area contributed by atoms with Gasteiger partial charge in [-0.3, -0.25) is 4.79 Å². The van der Waals surface area contributed by atoms with Crippen molar-refractivity contribution in [3.8, 4) is 5.75 Å². The predicted molar refractivity (Wildman–Crippen MR) is 80.1 cm³/mol. The first-order chi connectivity index (χ1) is 9.41. The van der Waals surface area contributed by atoms with Gasteiger partial charge >= 0.3 is 0 Å². The minimum atomic E-state index is -0.417. The third-order valence-electron chi connectivity index (χ3n) is 2.80. The molecule has 1 amide bonds. The summed E-state index contributed by atoms with van der Waals surface area (Å²) in [5.41, 5.74) is 6.24. The van der Waals surface area contributed by atoms with Crippen LogP contribution >= 0.6 is 0 Å². The lowest BCUT2D eigenvalue weighted by atomic mass is 10.1. The van der Waals surface area contributed by atoms with E-state index in [1.165, 1.54) is 0 Å². The van der Waals surface area contributed by atoms with Crippen LogP contribution in [0.5, 0.6) is 5.75 Å². The fourth-order valence-corrected chi connectivity index (χ4v) is 1.89. The molecule has 0 atom stereocenters. The third-order valence-corrected chi connectivity index (χ3v) is 2.80. The van der Waals surface area contributed by atoms with Crippen molar-refractivity contribution in [3.63, 3.8) is 0 Å². The first-order valence-electron chi connectivity index (χ1n) is 6.84. The summed E-state index contributed by atoms with van der Waals surface area (Å²) < 4.78 is 11.0. The molecule has 0 aliphatic carbocycles. The number of ether oxygens (including phenoxy) is 2. The first kappa shape index (κ1) is 16.3. The number of carbonyl (C=O) groups is 1. The van der Waals surface area contributed by atoms with Crippen LogP contribution in [-0.4, -0.2) is 31.3 Å². The van der Waals surface area contributed by atoms with E-state index < -0.39 is 5.60 Å². The zero-order valence-corrected chi connectivity index (χ0v) is 12.7. The summed E-state index contributed by atoms with van der Waals surface area (Å²) in [6.45, 7) is 9.12. The second-order valence-electron chi connectivity index (χ2n) is 5.03. The number of hydrogen-bond donors (Lipinski definition) is 2. The minimum absolute atomic E-state index is 0.251. The summed E-state index contributed by atoms with van der Waals surface area (Å²) >= 11 is 0. The van der Waals surface area contributed by atoms with Gasteiger partial charge in [0, 0.05) is 18.8 Å². The van der Waals surface area contributed by atoms with Crippen molar-refractivity contribution in [1.29, 1.82) is 0 Å². The molecule has 1 aromatic rings. The molecule has 5 nitrogen and oxygen atoms in total. The molecule has 0 saturated heterocycles. The molecule has 0 saturated carbocycles. The van der Waals surface area contributed by atoms with Crippen molar-refractivity contribution >= 4 is 11.6 Å². The van der Waals surface area contributed by atoms with Crippen molar-refractivity contribution in [3.05, 3.63) is 23.8 Å². The zero-order valence-electron chi connectivity index (χ0n) is 12.7. The fraction of sp³-hybridized carbons (Fsp3) is 0.533. The average Bonchev–Trinajstić information content (AvgIpc) is 2.37. The summed E-state index contributed by atoms with van der Waals surface area (Å²) in [5, 5.41) is 2.84. The van der Waals surface area contributed by atoms with Crippen LogP contribution in [0.15, 0.2) is 18.2 Å². The van der Waals surface area contributed by atoms with Crippen LogP contribution in [0.3, 0.4) is 0 Å². The van der Waals surface area contributed by atoms with E-state index in [0.29, 0.717) is 36.8 Å². The molecule has 0 aliphatic heterocycles. The van der Waals surface area contributed by atoms with Crippen LogP contribution in [0.2, 0.25) is 0 Å². The molecule has 0 heterocycles. The molecule has 0 unspecified atom stereocenters. The molecule has 0 aromatic heterocycles. The van der Waals surface area contributed by atoms with Gasteiger partial charge in [-0.25, -0.2) is 0 Å². The molecule has 0 radical (unpaired) electrons. The molecule has 0 fully saturated rings. The van der Waals surface area contributed by atoms with E-state index >= 15 is 0 Å². The Morgan fingerprint density at radius 3 is 2.60 bits per heavy atom. The van der Waals surface area contributed by atoms with Crippen molar-refractivity contribution < 1.29 is 14.3 Å². The second-order valence-corrected chi connectivity index (χ2v) is 5.03. The highest BCUT2D eigenvalue weighted by Gasteiger charge is 2.21. The van der Waals surface area contributed by atoms with Gasteiger partial charge in [-0.05, 0) is 39.8 Å². The Kier molecular flexibility index (Phi) is 5.82. The molecule has 0 bridgehead atoms. The molecule has 3 N–H and O–H groups in total. The van der Waals surface area contributed by atoms with Gasteiger partial charge in [0.05, 0.1) is 12.2 Å². The van der Waals surface area contributed by atoms with E-state index in [1.807, 2.05) is 27.7 Å². The Morgan fingerprint density at radius 1 is 1.30 bits per heavy atom. The van der Waals surface area contributed by atoms with Crippen molar-refractivity contribution in [2.45, 2.75) is 33.3 Å². The van der Waals surface area contributed by atoms with E-state index in [9.17, 15) is 4.79 Å². The van der Waals surface area contributed by atoms with E-state index in [-0.39, 0.29) is 5.91 Å².